The fourth-order valence-corrected chi connectivity index (χ4v) is 5.19. The van der Waals surface area contributed by atoms with Gasteiger partial charge >= 0.3 is 5.97 Å². The maximum atomic E-state index is 12.1. The zero-order valence-electron chi connectivity index (χ0n) is 12.6. The molecule has 0 aromatic carbocycles. The summed E-state index contributed by atoms with van der Waals surface area (Å²) in [7, 11) is -3.19. The number of likely N-dealkylation sites (N-methyl/N-ethyl adjacent to an activating group) is 1. The highest BCUT2D eigenvalue weighted by Crippen LogP contribution is 2.28. The molecule has 2 rings (SSSR count). The molecule has 2 saturated carbocycles. The summed E-state index contributed by atoms with van der Waals surface area (Å²) < 4.78 is 27.0. The van der Waals surface area contributed by atoms with Crippen LogP contribution in [0.25, 0.3) is 0 Å². The van der Waals surface area contributed by atoms with E-state index in [1.165, 1.54) is 0 Å². The van der Waals surface area contributed by atoms with Crippen LogP contribution in [-0.2, 0) is 14.8 Å². The zero-order valence-corrected chi connectivity index (χ0v) is 13.4. The van der Waals surface area contributed by atoms with Gasteiger partial charge in [-0.25, -0.2) is 13.1 Å². The molecule has 0 aromatic rings. The van der Waals surface area contributed by atoms with E-state index in [1.807, 2.05) is 11.8 Å². The number of carbonyl (C=O) groups is 1. The molecule has 0 saturated heterocycles. The van der Waals surface area contributed by atoms with Gasteiger partial charge < -0.3 is 5.11 Å². The van der Waals surface area contributed by atoms with Crippen LogP contribution in [0, 0.1) is 5.92 Å². The van der Waals surface area contributed by atoms with Crippen molar-refractivity contribution in [2.75, 3.05) is 18.8 Å². The van der Waals surface area contributed by atoms with Crippen LogP contribution < -0.4 is 4.72 Å². The second-order valence-electron chi connectivity index (χ2n) is 6.33. The second kappa shape index (κ2) is 7.07. The summed E-state index contributed by atoms with van der Waals surface area (Å²) in [6, 6.07) is 0.162. The van der Waals surface area contributed by atoms with E-state index in [1.54, 1.807) is 0 Å². The van der Waals surface area contributed by atoms with Crippen molar-refractivity contribution < 1.29 is 18.3 Å². The molecule has 6 nitrogen and oxygen atoms in total. The molecule has 122 valence electrons. The first-order chi connectivity index (χ1) is 9.89. The molecule has 0 bridgehead atoms. The van der Waals surface area contributed by atoms with Gasteiger partial charge in [-0.1, -0.05) is 19.8 Å². The van der Waals surface area contributed by atoms with Gasteiger partial charge in [-0.05, 0) is 38.1 Å². The number of carboxylic acids is 1. The number of carboxylic acid groups (broad SMARTS) is 1. The minimum absolute atomic E-state index is 0.0238. The Bertz CT molecular complexity index is 454. The van der Waals surface area contributed by atoms with Gasteiger partial charge in [-0.2, -0.15) is 0 Å². The Labute approximate surface area is 126 Å². The summed E-state index contributed by atoms with van der Waals surface area (Å²) in [5, 5.41) is 8.84. The third-order valence-corrected chi connectivity index (χ3v) is 6.25. The highest BCUT2D eigenvalue weighted by atomic mass is 32.2. The topological polar surface area (TPSA) is 86.7 Å². The van der Waals surface area contributed by atoms with Gasteiger partial charge in [0, 0.05) is 12.1 Å². The Morgan fingerprint density at radius 1 is 1.29 bits per heavy atom. The summed E-state index contributed by atoms with van der Waals surface area (Å²) in [6.45, 7) is 2.64. The predicted molar refractivity (Wildman–Crippen MR) is 80.6 cm³/mol. The summed E-state index contributed by atoms with van der Waals surface area (Å²) in [6.07, 6.45) is 5.77. The van der Waals surface area contributed by atoms with Crippen LogP contribution >= 0.6 is 0 Å². The fourth-order valence-electron chi connectivity index (χ4n) is 3.44. The normalized spacial score (nSPS) is 27.0. The Morgan fingerprint density at radius 3 is 2.43 bits per heavy atom. The van der Waals surface area contributed by atoms with Crippen molar-refractivity contribution in [3.63, 3.8) is 0 Å². The van der Waals surface area contributed by atoms with E-state index in [2.05, 4.69) is 4.72 Å². The van der Waals surface area contributed by atoms with E-state index in [9.17, 15) is 13.2 Å². The van der Waals surface area contributed by atoms with E-state index in [-0.39, 0.29) is 24.4 Å². The number of sulfonamides is 1. The number of hydrogen-bond acceptors (Lipinski definition) is 4. The monoisotopic (exact) mass is 318 g/mol. The van der Waals surface area contributed by atoms with E-state index >= 15 is 0 Å². The van der Waals surface area contributed by atoms with Crippen LogP contribution in [0.2, 0.25) is 0 Å². The molecule has 2 fully saturated rings. The summed E-state index contributed by atoms with van der Waals surface area (Å²) in [4.78, 5) is 12.7. The van der Waals surface area contributed by atoms with Gasteiger partial charge in [0.1, 0.15) is 0 Å². The lowest BCUT2D eigenvalue weighted by Gasteiger charge is -2.42. The third-order valence-electron chi connectivity index (χ3n) is 4.65. The van der Waals surface area contributed by atoms with Crippen molar-refractivity contribution in [3.8, 4) is 0 Å². The van der Waals surface area contributed by atoms with Gasteiger partial charge in [-0.3, -0.25) is 9.69 Å². The zero-order chi connectivity index (χ0) is 15.5. The lowest BCUT2D eigenvalue weighted by Crippen LogP contribution is -2.55. The number of nitrogens with zero attached hydrogens (tertiary/aromatic N) is 1. The molecule has 0 heterocycles. The molecular formula is C14H26N2O4S. The molecule has 0 unspecified atom stereocenters. The van der Waals surface area contributed by atoms with Crippen molar-refractivity contribution in [3.05, 3.63) is 0 Å². The van der Waals surface area contributed by atoms with Crippen molar-refractivity contribution in [2.24, 2.45) is 5.92 Å². The van der Waals surface area contributed by atoms with E-state index in [4.69, 9.17) is 5.11 Å². The number of hydrogen-bond donors (Lipinski definition) is 2. The van der Waals surface area contributed by atoms with Crippen molar-refractivity contribution >= 4 is 16.0 Å². The first kappa shape index (κ1) is 16.7. The lowest BCUT2D eigenvalue weighted by atomic mass is 9.86. The molecule has 0 atom stereocenters. The van der Waals surface area contributed by atoms with E-state index in [0.717, 1.165) is 25.7 Å². The molecular weight excluding hydrogens is 292 g/mol. The average Bonchev–Trinajstić information content (AvgIpc) is 2.82. The standard InChI is InChI=1S/C14H26N2O4S/c1-2-16(9-14(17)18)13-7-12(8-13)15-21(19,20)10-11-5-3-4-6-11/h11-13,15H,2-10H2,1H3,(H,17,18). The smallest absolute Gasteiger partial charge is 0.317 e. The summed E-state index contributed by atoms with van der Waals surface area (Å²) >= 11 is 0. The van der Waals surface area contributed by atoms with Gasteiger partial charge in [0.05, 0.1) is 12.3 Å². The largest absolute Gasteiger partial charge is 0.480 e. The maximum Gasteiger partial charge on any atom is 0.317 e. The Balaban J connectivity index is 1.74. The number of nitrogens with one attached hydrogen (secondary N) is 1. The van der Waals surface area contributed by atoms with Crippen LogP contribution in [0.4, 0.5) is 0 Å². The fraction of sp³-hybridized carbons (Fsp3) is 0.929. The van der Waals surface area contributed by atoms with Crippen LogP contribution in [-0.4, -0.2) is 55.3 Å². The van der Waals surface area contributed by atoms with Crippen LogP contribution in [0.1, 0.15) is 45.4 Å². The molecule has 0 spiro atoms. The highest BCUT2D eigenvalue weighted by Gasteiger charge is 2.36. The molecule has 2 aliphatic rings. The SMILES string of the molecule is CCN(CC(=O)O)C1CC(NS(=O)(=O)CC2CCCC2)C1. The van der Waals surface area contributed by atoms with Crippen molar-refractivity contribution in [1.29, 1.82) is 0 Å². The minimum atomic E-state index is -3.19. The maximum absolute atomic E-state index is 12.1. The molecule has 2 aliphatic carbocycles. The summed E-state index contributed by atoms with van der Waals surface area (Å²) in [5.74, 6) is -0.263. The third kappa shape index (κ3) is 4.93. The van der Waals surface area contributed by atoms with Crippen LogP contribution in [0.15, 0.2) is 0 Å². The Morgan fingerprint density at radius 2 is 1.90 bits per heavy atom. The van der Waals surface area contributed by atoms with Gasteiger partial charge in [0.2, 0.25) is 10.0 Å². The molecule has 0 amide bonds. The van der Waals surface area contributed by atoms with Crippen molar-refractivity contribution in [1.82, 2.24) is 9.62 Å². The van der Waals surface area contributed by atoms with Crippen molar-refractivity contribution in [2.45, 2.75) is 57.5 Å². The molecule has 0 radical (unpaired) electrons. The second-order valence-corrected chi connectivity index (χ2v) is 8.13. The first-order valence-electron chi connectivity index (χ1n) is 7.85. The lowest BCUT2D eigenvalue weighted by molar-refractivity contribution is -0.139. The van der Waals surface area contributed by atoms with Gasteiger partial charge in [0.15, 0.2) is 0 Å². The van der Waals surface area contributed by atoms with Gasteiger partial charge in [-0.15, -0.1) is 0 Å². The highest BCUT2D eigenvalue weighted by molar-refractivity contribution is 7.89. The summed E-state index contributed by atoms with van der Waals surface area (Å²) in [5.41, 5.74) is 0. The Kier molecular flexibility index (Phi) is 5.62. The molecule has 0 aliphatic heterocycles. The van der Waals surface area contributed by atoms with E-state index < -0.39 is 16.0 Å². The molecule has 7 heteroatoms. The minimum Gasteiger partial charge on any atom is -0.480 e. The predicted octanol–water partition coefficient (Wildman–Crippen LogP) is 1.03. The van der Waals surface area contributed by atoms with Crippen LogP contribution in [0.5, 0.6) is 0 Å². The van der Waals surface area contributed by atoms with E-state index in [0.29, 0.717) is 25.3 Å². The molecule has 2 N–H and O–H groups in total. The molecule has 0 aromatic heterocycles. The number of aliphatic carboxylic acids is 1. The van der Waals surface area contributed by atoms with Gasteiger partial charge in [0.25, 0.3) is 0 Å². The molecule has 21 heavy (non-hydrogen) atoms. The quantitative estimate of drug-likeness (QED) is 0.698. The Hall–Kier alpha value is -0.660. The average molecular weight is 318 g/mol. The first-order valence-corrected chi connectivity index (χ1v) is 9.50. The van der Waals surface area contributed by atoms with Crippen LogP contribution in [0.3, 0.4) is 0 Å². The number of rotatable bonds is 8.